The molecule has 33 heavy (non-hydrogen) atoms. The molecule has 3 heterocycles. The quantitative estimate of drug-likeness (QED) is 0.400. The van der Waals surface area contributed by atoms with Crippen LogP contribution < -0.4 is 20.4 Å². The van der Waals surface area contributed by atoms with Gasteiger partial charge in [-0.2, -0.15) is 14.6 Å². The summed E-state index contributed by atoms with van der Waals surface area (Å²) in [5.41, 5.74) is 0.872. The number of halogens is 1. The lowest BCUT2D eigenvalue weighted by Crippen LogP contribution is -2.28. The van der Waals surface area contributed by atoms with Crippen molar-refractivity contribution in [3.05, 3.63) is 109 Å². The summed E-state index contributed by atoms with van der Waals surface area (Å²) in [5.74, 6) is 1.36. The monoisotopic (exact) mass is 461 g/mol. The van der Waals surface area contributed by atoms with E-state index in [9.17, 15) is 14.0 Å². The molecule has 3 aromatic heterocycles. The average molecular weight is 461 g/mol. The van der Waals surface area contributed by atoms with Gasteiger partial charge >= 0.3 is 0 Å². The van der Waals surface area contributed by atoms with E-state index in [0.717, 1.165) is 21.4 Å². The summed E-state index contributed by atoms with van der Waals surface area (Å²) in [6, 6.07) is 16.6. The molecular weight excluding hydrogens is 445 g/mol. The fourth-order valence-corrected chi connectivity index (χ4v) is 4.20. The van der Waals surface area contributed by atoms with Gasteiger partial charge in [0.25, 0.3) is 11.1 Å². The summed E-state index contributed by atoms with van der Waals surface area (Å²) in [6.45, 7) is 0. The Morgan fingerprint density at radius 2 is 1.82 bits per heavy atom. The van der Waals surface area contributed by atoms with Gasteiger partial charge < -0.3 is 9.15 Å². The number of aromatic nitrogens is 3. The van der Waals surface area contributed by atoms with E-state index < -0.39 is 11.1 Å². The third kappa shape index (κ3) is 4.18. The molecule has 0 unspecified atom stereocenters. The molecule has 0 fully saturated rings. The molecule has 0 aliphatic carbocycles. The van der Waals surface area contributed by atoms with Crippen molar-refractivity contribution >= 4 is 22.4 Å². The van der Waals surface area contributed by atoms with Crippen LogP contribution in [0, 0.1) is 5.82 Å². The number of hydrogen-bond donors (Lipinski definition) is 0. The van der Waals surface area contributed by atoms with E-state index in [1.807, 2.05) is 12.1 Å². The van der Waals surface area contributed by atoms with Gasteiger partial charge in [0.1, 0.15) is 33.3 Å². The maximum Gasteiger partial charge on any atom is 0.296 e. The van der Waals surface area contributed by atoms with E-state index in [0.29, 0.717) is 27.4 Å². The third-order valence-electron chi connectivity index (χ3n) is 5.01. The Hall–Kier alpha value is -4.11. The Labute approximate surface area is 190 Å². The fourth-order valence-electron chi connectivity index (χ4n) is 3.32. The van der Waals surface area contributed by atoms with Crippen molar-refractivity contribution in [1.29, 1.82) is 0 Å². The number of methoxy groups -OCH3 is 1. The third-order valence-corrected chi connectivity index (χ3v) is 5.97. The largest absolute Gasteiger partial charge is 0.497 e. The van der Waals surface area contributed by atoms with E-state index >= 15 is 0 Å². The predicted octanol–water partition coefficient (Wildman–Crippen LogP) is 3.06. The number of furan rings is 1. The fraction of sp³-hybridized carbons (Fsp3) is 0.0833. The first kappa shape index (κ1) is 20.8. The molecule has 0 saturated heterocycles. The Balaban J connectivity index is 1.49. The minimum Gasteiger partial charge on any atom is -0.497 e. The maximum atomic E-state index is 13.1. The van der Waals surface area contributed by atoms with Gasteiger partial charge in [-0.25, -0.2) is 4.39 Å². The lowest BCUT2D eigenvalue weighted by molar-refractivity contribution is 0.414. The standard InChI is InChI=1S/C24H16FN3O4S/c1-31-17-8-2-14(3-9-17)12-19-22(29)26-24-28(27-19)23(30)21(33-24)13-18-10-11-20(32-18)15-4-6-16(25)7-5-15/h2-11,13H,12H2,1H3. The highest BCUT2D eigenvalue weighted by Gasteiger charge is 2.12. The second-order valence-electron chi connectivity index (χ2n) is 7.21. The summed E-state index contributed by atoms with van der Waals surface area (Å²) >= 11 is 1.06. The zero-order valence-electron chi connectivity index (χ0n) is 17.3. The first-order valence-electron chi connectivity index (χ1n) is 9.93. The van der Waals surface area contributed by atoms with Gasteiger partial charge in [0.15, 0.2) is 0 Å². The lowest BCUT2D eigenvalue weighted by atomic mass is 10.1. The van der Waals surface area contributed by atoms with E-state index in [2.05, 4.69) is 10.1 Å². The average Bonchev–Trinajstić information content (AvgIpc) is 3.40. The molecule has 5 aromatic rings. The van der Waals surface area contributed by atoms with E-state index in [1.165, 1.54) is 12.1 Å². The van der Waals surface area contributed by atoms with Gasteiger partial charge in [-0.1, -0.05) is 23.5 Å². The topological polar surface area (TPSA) is 86.7 Å². The summed E-state index contributed by atoms with van der Waals surface area (Å²) in [5, 5.41) is 4.26. The Morgan fingerprint density at radius 1 is 1.06 bits per heavy atom. The second-order valence-corrected chi connectivity index (χ2v) is 8.22. The molecule has 0 aliphatic heterocycles. The molecule has 2 aromatic carbocycles. The summed E-state index contributed by atoms with van der Waals surface area (Å²) in [7, 11) is 1.58. The number of ether oxygens (including phenoxy) is 1. The van der Waals surface area contributed by atoms with Crippen molar-refractivity contribution in [2.75, 3.05) is 7.11 Å². The van der Waals surface area contributed by atoms with Crippen LogP contribution in [-0.2, 0) is 6.42 Å². The smallest absolute Gasteiger partial charge is 0.296 e. The van der Waals surface area contributed by atoms with Gasteiger partial charge in [-0.3, -0.25) is 9.59 Å². The van der Waals surface area contributed by atoms with Crippen molar-refractivity contribution in [2.24, 2.45) is 0 Å². The van der Waals surface area contributed by atoms with Crippen LogP contribution in [0.4, 0.5) is 4.39 Å². The molecule has 0 aliphatic rings. The van der Waals surface area contributed by atoms with Gasteiger partial charge in [0, 0.05) is 18.1 Å². The van der Waals surface area contributed by atoms with Gasteiger partial charge in [0.05, 0.1) is 7.11 Å². The number of rotatable bonds is 5. The van der Waals surface area contributed by atoms with Crippen LogP contribution in [0.15, 0.2) is 74.7 Å². The van der Waals surface area contributed by atoms with Crippen LogP contribution in [-0.4, -0.2) is 21.7 Å². The van der Waals surface area contributed by atoms with E-state index in [-0.39, 0.29) is 22.9 Å². The number of thiazole rings is 1. The normalized spacial score (nSPS) is 11.9. The molecule has 0 radical (unpaired) electrons. The maximum absolute atomic E-state index is 13.1. The zero-order chi connectivity index (χ0) is 22.9. The van der Waals surface area contributed by atoms with Crippen LogP contribution in [0.2, 0.25) is 0 Å². The Kier molecular flexibility index (Phi) is 5.31. The van der Waals surface area contributed by atoms with Crippen molar-refractivity contribution in [3.63, 3.8) is 0 Å². The second kappa shape index (κ2) is 8.44. The van der Waals surface area contributed by atoms with Crippen LogP contribution in [0.3, 0.4) is 0 Å². The highest BCUT2D eigenvalue weighted by molar-refractivity contribution is 7.15. The molecule has 0 spiro atoms. The first-order valence-corrected chi connectivity index (χ1v) is 10.7. The van der Waals surface area contributed by atoms with Crippen molar-refractivity contribution in [3.8, 4) is 17.1 Å². The van der Waals surface area contributed by atoms with Crippen LogP contribution >= 0.6 is 11.3 Å². The molecule has 0 N–H and O–H groups in total. The molecule has 5 rings (SSSR count). The Bertz CT molecular complexity index is 1620. The zero-order valence-corrected chi connectivity index (χ0v) is 18.1. The lowest BCUT2D eigenvalue weighted by Gasteiger charge is -2.02. The molecule has 7 nitrogen and oxygen atoms in total. The molecule has 0 amide bonds. The van der Waals surface area contributed by atoms with Crippen molar-refractivity contribution in [2.45, 2.75) is 6.42 Å². The minimum absolute atomic E-state index is 0.177. The number of hydrogen-bond acceptors (Lipinski definition) is 7. The van der Waals surface area contributed by atoms with Crippen LogP contribution in [0.25, 0.3) is 22.4 Å². The predicted molar refractivity (Wildman–Crippen MR) is 122 cm³/mol. The molecule has 164 valence electrons. The number of nitrogens with zero attached hydrogens (tertiary/aromatic N) is 3. The molecule has 9 heteroatoms. The van der Waals surface area contributed by atoms with Crippen molar-refractivity contribution < 1.29 is 13.5 Å². The number of fused-ring (bicyclic) bond motifs is 1. The molecule has 0 saturated carbocycles. The number of benzene rings is 2. The molecule has 0 atom stereocenters. The first-order chi connectivity index (χ1) is 16.0. The molecule has 0 bridgehead atoms. The summed E-state index contributed by atoms with van der Waals surface area (Å²) in [6.07, 6.45) is 1.82. The van der Waals surface area contributed by atoms with Gasteiger partial charge in [-0.05, 0) is 54.1 Å². The van der Waals surface area contributed by atoms with E-state index in [4.69, 9.17) is 9.15 Å². The molecular formula is C24H16FN3O4S. The summed E-state index contributed by atoms with van der Waals surface area (Å²) in [4.78, 5) is 29.6. The van der Waals surface area contributed by atoms with E-state index in [1.54, 1.807) is 49.6 Å². The minimum atomic E-state index is -0.477. The Morgan fingerprint density at radius 3 is 2.55 bits per heavy atom. The van der Waals surface area contributed by atoms with Gasteiger partial charge in [0.2, 0.25) is 4.96 Å². The highest BCUT2D eigenvalue weighted by Crippen LogP contribution is 2.22. The summed E-state index contributed by atoms with van der Waals surface area (Å²) < 4.78 is 25.5. The highest BCUT2D eigenvalue weighted by atomic mass is 32.1. The van der Waals surface area contributed by atoms with Crippen molar-refractivity contribution in [1.82, 2.24) is 14.6 Å². The van der Waals surface area contributed by atoms with Crippen LogP contribution in [0.1, 0.15) is 17.0 Å². The van der Waals surface area contributed by atoms with Gasteiger partial charge in [-0.15, -0.1) is 0 Å². The SMILES string of the molecule is COc1ccc(Cc2nn3c(=O)c(=Cc4ccc(-c5ccc(F)cc5)o4)sc3nc2=O)cc1. The van der Waals surface area contributed by atoms with Crippen LogP contribution in [0.5, 0.6) is 5.75 Å².